The van der Waals surface area contributed by atoms with E-state index in [1.165, 1.54) is 34.1 Å². The number of fused-ring (bicyclic) bond motifs is 1. The number of nitrogens with zero attached hydrogens (tertiary/aromatic N) is 3. The van der Waals surface area contributed by atoms with Crippen LogP contribution in [0.15, 0.2) is 71.9 Å². The lowest BCUT2D eigenvalue weighted by atomic mass is 9.95. The van der Waals surface area contributed by atoms with E-state index in [4.69, 9.17) is 4.99 Å². The topological polar surface area (TPSA) is 65.0 Å². The fraction of sp³-hybridized carbons (Fsp3) is 0.300. The van der Waals surface area contributed by atoms with Gasteiger partial charge >= 0.3 is 0 Å². The summed E-state index contributed by atoms with van der Waals surface area (Å²) in [6.07, 6.45) is 4.77. The van der Waals surface area contributed by atoms with Crippen molar-refractivity contribution in [3.8, 4) is 0 Å². The van der Waals surface area contributed by atoms with Crippen LogP contribution < -0.4 is 5.32 Å². The molecule has 1 N–H and O–H groups in total. The number of allylic oxidation sites excluding steroid dienone is 1. The molecule has 0 aromatic heterocycles. The maximum Gasteiger partial charge on any atom is 0.211 e. The minimum absolute atomic E-state index is 0.421. The van der Waals surface area contributed by atoms with Crippen LogP contribution in [-0.4, -0.2) is 50.2 Å². The van der Waals surface area contributed by atoms with E-state index in [-0.39, 0.29) is 0 Å². The predicted octanol–water partition coefficient (Wildman–Crippen LogP) is 5.35. The van der Waals surface area contributed by atoms with Crippen molar-refractivity contribution in [1.29, 1.82) is 0 Å². The van der Waals surface area contributed by atoms with Crippen molar-refractivity contribution in [3.05, 3.63) is 100 Å². The Labute approximate surface area is 220 Å². The van der Waals surface area contributed by atoms with Gasteiger partial charge in [0.25, 0.3) is 0 Å². The lowest BCUT2D eigenvalue weighted by molar-refractivity contribution is 0.395. The second-order valence-electron chi connectivity index (χ2n) is 10.3. The highest BCUT2D eigenvalue weighted by Crippen LogP contribution is 2.32. The minimum atomic E-state index is -3.20. The van der Waals surface area contributed by atoms with Crippen LogP contribution in [0.5, 0.6) is 0 Å². The number of anilines is 2. The van der Waals surface area contributed by atoms with Gasteiger partial charge in [0.15, 0.2) is 0 Å². The van der Waals surface area contributed by atoms with Crippen LogP contribution in [0.2, 0.25) is 0 Å². The smallest absolute Gasteiger partial charge is 0.211 e. The summed E-state index contributed by atoms with van der Waals surface area (Å²) >= 11 is 0. The first kappa shape index (κ1) is 25.4. The van der Waals surface area contributed by atoms with Crippen molar-refractivity contribution >= 4 is 32.7 Å². The summed E-state index contributed by atoms with van der Waals surface area (Å²) < 4.78 is 25.6. The quantitative estimate of drug-likeness (QED) is 0.462. The van der Waals surface area contributed by atoms with Crippen LogP contribution in [0.25, 0.3) is 5.57 Å². The molecule has 0 spiro atoms. The molecular formula is C30H34N4O2S. The van der Waals surface area contributed by atoms with Crippen LogP contribution in [0.1, 0.15) is 39.8 Å². The van der Waals surface area contributed by atoms with Gasteiger partial charge in [0, 0.05) is 49.2 Å². The van der Waals surface area contributed by atoms with E-state index in [0.717, 1.165) is 41.2 Å². The summed E-state index contributed by atoms with van der Waals surface area (Å²) in [6.45, 7) is 3.98. The molecule has 6 nitrogen and oxygen atoms in total. The molecule has 0 bridgehead atoms. The first-order valence-electron chi connectivity index (χ1n) is 12.6. The van der Waals surface area contributed by atoms with Gasteiger partial charge in [-0.15, -0.1) is 0 Å². The number of nitrogens with one attached hydrogen (secondary N) is 1. The van der Waals surface area contributed by atoms with E-state index in [9.17, 15) is 8.42 Å². The molecule has 0 unspecified atom stereocenters. The third-order valence-electron chi connectivity index (χ3n) is 7.09. The Balaban J connectivity index is 1.32. The summed E-state index contributed by atoms with van der Waals surface area (Å²) in [5.41, 5.74) is 11.4. The van der Waals surface area contributed by atoms with Gasteiger partial charge in [-0.2, -0.15) is 4.31 Å². The normalized spacial score (nSPS) is 15.9. The van der Waals surface area contributed by atoms with E-state index in [2.05, 4.69) is 79.8 Å². The maximum absolute atomic E-state index is 12.0. The first-order chi connectivity index (χ1) is 17.7. The fourth-order valence-corrected chi connectivity index (χ4v) is 5.90. The van der Waals surface area contributed by atoms with Gasteiger partial charge in [-0.3, -0.25) is 4.99 Å². The van der Waals surface area contributed by atoms with Gasteiger partial charge in [0.1, 0.15) is 0 Å². The Hall–Kier alpha value is -3.26. The van der Waals surface area contributed by atoms with Crippen molar-refractivity contribution in [2.24, 2.45) is 4.99 Å². The first-order valence-corrected chi connectivity index (χ1v) is 14.5. The molecule has 0 atom stereocenters. The Morgan fingerprint density at radius 3 is 2.57 bits per heavy atom. The molecule has 3 aromatic rings. The monoisotopic (exact) mass is 514 g/mol. The van der Waals surface area contributed by atoms with E-state index < -0.39 is 10.0 Å². The summed E-state index contributed by atoms with van der Waals surface area (Å²) in [5, 5.41) is 3.60. The van der Waals surface area contributed by atoms with Crippen molar-refractivity contribution in [1.82, 2.24) is 9.21 Å². The van der Waals surface area contributed by atoms with Gasteiger partial charge in [0.2, 0.25) is 10.0 Å². The summed E-state index contributed by atoms with van der Waals surface area (Å²) in [4.78, 5) is 6.97. The molecule has 37 heavy (non-hydrogen) atoms. The predicted molar refractivity (Wildman–Crippen MR) is 153 cm³/mol. The summed E-state index contributed by atoms with van der Waals surface area (Å²) in [5.74, 6) is 0. The second-order valence-corrected chi connectivity index (χ2v) is 12.3. The van der Waals surface area contributed by atoms with Gasteiger partial charge in [-0.05, 0) is 79.0 Å². The maximum atomic E-state index is 12.0. The molecule has 2 aliphatic heterocycles. The average molecular weight is 515 g/mol. The lowest BCUT2D eigenvalue weighted by Crippen LogP contribution is -2.35. The number of aliphatic imine (C=N–C) groups is 1. The molecule has 7 heteroatoms. The number of hydrogen-bond donors (Lipinski definition) is 1. The molecule has 192 valence electrons. The second kappa shape index (κ2) is 10.2. The van der Waals surface area contributed by atoms with Crippen LogP contribution in [0.4, 0.5) is 11.4 Å². The molecule has 0 fully saturated rings. The number of rotatable bonds is 7. The number of benzene rings is 3. The van der Waals surface area contributed by atoms with Gasteiger partial charge in [-0.25, -0.2) is 8.42 Å². The highest BCUT2D eigenvalue weighted by Gasteiger charge is 2.25. The minimum Gasteiger partial charge on any atom is -0.355 e. The van der Waals surface area contributed by atoms with Crippen LogP contribution >= 0.6 is 0 Å². The summed E-state index contributed by atoms with van der Waals surface area (Å²) in [7, 11) is 0.963. The Morgan fingerprint density at radius 1 is 1.05 bits per heavy atom. The van der Waals surface area contributed by atoms with Crippen LogP contribution in [0, 0.1) is 6.92 Å². The molecule has 2 aliphatic rings. The molecular weight excluding hydrogens is 480 g/mol. The molecule has 0 amide bonds. The van der Waals surface area contributed by atoms with E-state index in [1.807, 2.05) is 18.3 Å². The van der Waals surface area contributed by atoms with Gasteiger partial charge in [-0.1, -0.05) is 42.5 Å². The van der Waals surface area contributed by atoms with E-state index >= 15 is 0 Å². The van der Waals surface area contributed by atoms with Crippen molar-refractivity contribution < 1.29 is 8.42 Å². The highest BCUT2D eigenvalue weighted by molar-refractivity contribution is 7.88. The lowest BCUT2D eigenvalue weighted by Gasteiger charge is -2.28. The Kier molecular flexibility index (Phi) is 7.03. The third-order valence-corrected chi connectivity index (χ3v) is 8.33. The number of sulfonamides is 1. The van der Waals surface area contributed by atoms with Crippen LogP contribution in [0.3, 0.4) is 0 Å². The zero-order chi connectivity index (χ0) is 26.2. The molecule has 0 saturated carbocycles. The largest absolute Gasteiger partial charge is 0.355 e. The number of aryl methyl sites for hydroxylation is 1. The average Bonchev–Trinajstić information content (AvgIpc) is 3.35. The van der Waals surface area contributed by atoms with E-state index in [1.54, 1.807) is 4.31 Å². The SMILES string of the molecule is Cc1ccc(Nc2cccc3c2CCN(S(C)(=O)=O)C3)cc1C1=NC=C(c2ccc(CN(C)C)cc2)C1. The molecule has 5 rings (SSSR count). The molecule has 3 aromatic carbocycles. The zero-order valence-electron chi connectivity index (χ0n) is 22.0. The molecule has 0 saturated heterocycles. The Morgan fingerprint density at radius 2 is 1.84 bits per heavy atom. The van der Waals surface area contributed by atoms with Gasteiger partial charge < -0.3 is 10.2 Å². The summed E-state index contributed by atoms with van der Waals surface area (Å²) in [6, 6.07) is 21.3. The highest BCUT2D eigenvalue weighted by atomic mass is 32.2. The zero-order valence-corrected chi connectivity index (χ0v) is 22.8. The molecule has 0 aliphatic carbocycles. The molecule has 0 radical (unpaired) electrons. The van der Waals surface area contributed by atoms with Crippen molar-refractivity contribution in [2.45, 2.75) is 32.9 Å². The van der Waals surface area contributed by atoms with Gasteiger partial charge in [0.05, 0.1) is 12.0 Å². The molecule has 2 heterocycles. The van der Waals surface area contributed by atoms with E-state index in [0.29, 0.717) is 19.5 Å². The standard InChI is InChI=1S/C30H34N4O2S/c1-21-8-13-26(32-29-7-5-6-24-20-34(37(4,35)36)15-14-27(24)29)17-28(21)30-16-25(18-31-30)23-11-9-22(10-12-23)19-33(2)3/h5-13,17-18,32H,14-16,19-20H2,1-4H3. The third kappa shape index (κ3) is 5.69. The van der Waals surface area contributed by atoms with Crippen molar-refractivity contribution in [3.63, 3.8) is 0 Å². The number of hydrogen-bond acceptors (Lipinski definition) is 5. The van der Waals surface area contributed by atoms with Crippen LogP contribution in [-0.2, 0) is 29.5 Å². The van der Waals surface area contributed by atoms with Crippen molar-refractivity contribution in [2.75, 3.05) is 32.2 Å². The fourth-order valence-electron chi connectivity index (χ4n) is 5.11. The Bertz CT molecular complexity index is 1490.